The second-order valence-corrected chi connectivity index (χ2v) is 11.7. The standard InChI is InChI=1S/C30H38ClFN8/c1-16(2)24-27(25(17(3)4)38-30(33-7)37-24)40-15-35-28(39-14-18(5)34-13-19(39)6)21-12-22(31)26(36-29(21)40)20-10-8-9-11-23(20)32/h8-12,16-19,34H,13-15H2,1-7H3,(H,33,37,38)/t18-,19+/m1/s1. The molecule has 10 heteroatoms. The second kappa shape index (κ2) is 11.3. The number of anilines is 3. The topological polar surface area (TPSA) is 81.6 Å². The highest BCUT2D eigenvalue weighted by molar-refractivity contribution is 6.33. The zero-order valence-corrected chi connectivity index (χ0v) is 25.0. The van der Waals surface area contributed by atoms with Crippen molar-refractivity contribution in [2.45, 2.75) is 65.5 Å². The van der Waals surface area contributed by atoms with Gasteiger partial charge in [-0.25, -0.2) is 24.3 Å². The zero-order valence-electron chi connectivity index (χ0n) is 24.3. The highest BCUT2D eigenvalue weighted by atomic mass is 35.5. The smallest absolute Gasteiger partial charge is 0.223 e. The molecule has 0 saturated carbocycles. The van der Waals surface area contributed by atoms with Crippen molar-refractivity contribution in [2.24, 2.45) is 4.99 Å². The van der Waals surface area contributed by atoms with Crippen LogP contribution in [0, 0.1) is 5.82 Å². The van der Waals surface area contributed by atoms with Crippen LogP contribution in [-0.2, 0) is 0 Å². The molecule has 0 spiro atoms. The minimum Gasteiger partial charge on any atom is -0.357 e. The van der Waals surface area contributed by atoms with Gasteiger partial charge in [0.25, 0.3) is 0 Å². The Kier molecular flexibility index (Phi) is 7.97. The molecule has 8 nitrogen and oxygen atoms in total. The van der Waals surface area contributed by atoms with Crippen LogP contribution in [0.5, 0.6) is 0 Å². The first-order chi connectivity index (χ1) is 19.1. The number of benzene rings is 1. The van der Waals surface area contributed by atoms with Gasteiger partial charge in [0, 0.05) is 37.8 Å². The Morgan fingerprint density at radius 2 is 1.70 bits per heavy atom. The van der Waals surface area contributed by atoms with E-state index in [2.05, 4.69) is 62.0 Å². The largest absolute Gasteiger partial charge is 0.357 e. The number of piperazine rings is 1. The third-order valence-electron chi connectivity index (χ3n) is 7.50. The number of amidine groups is 1. The summed E-state index contributed by atoms with van der Waals surface area (Å²) >= 11 is 6.87. The first-order valence-corrected chi connectivity index (χ1v) is 14.4. The summed E-state index contributed by atoms with van der Waals surface area (Å²) in [6.45, 7) is 14.8. The van der Waals surface area contributed by atoms with Gasteiger partial charge in [-0.15, -0.1) is 0 Å². The number of fused-ring (bicyclic) bond motifs is 1. The molecule has 2 N–H and O–H groups in total. The molecule has 2 aliphatic rings. The van der Waals surface area contributed by atoms with Crippen molar-refractivity contribution in [3.05, 3.63) is 58.1 Å². The number of pyridine rings is 1. The van der Waals surface area contributed by atoms with Crippen molar-refractivity contribution in [3.63, 3.8) is 0 Å². The number of nitrogens with zero attached hydrogens (tertiary/aromatic N) is 6. The number of hydrogen-bond donors (Lipinski definition) is 2. The number of rotatable bonds is 5. The number of nitrogens with one attached hydrogen (secondary N) is 2. The summed E-state index contributed by atoms with van der Waals surface area (Å²) in [6.07, 6.45) is 0. The van der Waals surface area contributed by atoms with Crippen LogP contribution in [0.3, 0.4) is 0 Å². The van der Waals surface area contributed by atoms with Gasteiger partial charge < -0.3 is 20.4 Å². The first-order valence-electron chi connectivity index (χ1n) is 14.0. The van der Waals surface area contributed by atoms with Crippen LogP contribution in [0.25, 0.3) is 11.3 Å². The molecule has 2 aromatic heterocycles. The van der Waals surface area contributed by atoms with E-state index < -0.39 is 0 Å². The molecule has 0 bridgehead atoms. The maximum absolute atomic E-state index is 15.0. The molecule has 2 aliphatic heterocycles. The van der Waals surface area contributed by atoms with Crippen molar-refractivity contribution in [2.75, 3.05) is 37.0 Å². The predicted molar refractivity (Wildman–Crippen MR) is 162 cm³/mol. The molecule has 1 fully saturated rings. The molecule has 212 valence electrons. The summed E-state index contributed by atoms with van der Waals surface area (Å²) < 4.78 is 15.0. The van der Waals surface area contributed by atoms with Gasteiger partial charge in [0.2, 0.25) is 5.95 Å². The van der Waals surface area contributed by atoms with Crippen LogP contribution >= 0.6 is 11.6 Å². The highest BCUT2D eigenvalue weighted by Crippen LogP contribution is 2.43. The number of aromatic nitrogens is 3. The van der Waals surface area contributed by atoms with Crippen LogP contribution in [0.2, 0.25) is 5.02 Å². The van der Waals surface area contributed by atoms with E-state index in [0.29, 0.717) is 40.8 Å². The lowest BCUT2D eigenvalue weighted by Gasteiger charge is -2.42. The van der Waals surface area contributed by atoms with Crippen molar-refractivity contribution in [1.82, 2.24) is 25.2 Å². The summed E-state index contributed by atoms with van der Waals surface area (Å²) in [5.74, 6) is 1.97. The van der Waals surface area contributed by atoms with E-state index >= 15 is 4.39 Å². The van der Waals surface area contributed by atoms with Crippen LogP contribution in [0.4, 0.5) is 21.8 Å². The normalized spacial score (nSPS) is 19.2. The second-order valence-electron chi connectivity index (χ2n) is 11.3. The van der Waals surface area contributed by atoms with Gasteiger partial charge in [0.1, 0.15) is 24.1 Å². The summed E-state index contributed by atoms with van der Waals surface area (Å²) in [7, 11) is 1.83. The Hall–Kier alpha value is -3.30. The lowest BCUT2D eigenvalue weighted by atomic mass is 9.99. The van der Waals surface area contributed by atoms with Gasteiger partial charge in [0.05, 0.1) is 33.4 Å². The molecule has 0 radical (unpaired) electrons. The van der Waals surface area contributed by atoms with E-state index in [0.717, 1.165) is 41.6 Å². The van der Waals surface area contributed by atoms with Gasteiger partial charge in [-0.1, -0.05) is 51.4 Å². The zero-order chi connectivity index (χ0) is 28.7. The maximum Gasteiger partial charge on any atom is 0.223 e. The van der Waals surface area contributed by atoms with E-state index in [9.17, 15) is 0 Å². The van der Waals surface area contributed by atoms with Gasteiger partial charge >= 0.3 is 0 Å². The molecule has 2 atom stereocenters. The van der Waals surface area contributed by atoms with E-state index in [1.807, 2.05) is 13.1 Å². The average Bonchev–Trinajstić information content (AvgIpc) is 2.93. The highest BCUT2D eigenvalue weighted by Gasteiger charge is 2.35. The molecule has 0 unspecified atom stereocenters. The summed E-state index contributed by atoms with van der Waals surface area (Å²) in [4.78, 5) is 24.4. The number of aliphatic imine (C=N–C) groups is 1. The molecular formula is C30H38ClFN8. The van der Waals surface area contributed by atoms with Gasteiger partial charge in [-0.2, -0.15) is 0 Å². The molecule has 1 aromatic carbocycles. The summed E-state index contributed by atoms with van der Waals surface area (Å²) in [5.41, 5.74) is 4.28. The van der Waals surface area contributed by atoms with Gasteiger partial charge in [-0.05, 0) is 43.9 Å². The third-order valence-corrected chi connectivity index (χ3v) is 7.79. The Balaban J connectivity index is 1.77. The number of hydrogen-bond acceptors (Lipinski definition) is 8. The molecule has 1 saturated heterocycles. The Bertz CT molecular complexity index is 1410. The van der Waals surface area contributed by atoms with Gasteiger partial charge in [-0.3, -0.25) is 0 Å². The van der Waals surface area contributed by atoms with Crippen LogP contribution in [-0.4, -0.2) is 64.6 Å². The first kappa shape index (κ1) is 28.2. The minimum atomic E-state index is -0.370. The third kappa shape index (κ3) is 5.12. The molecular weight excluding hydrogens is 527 g/mol. The van der Waals surface area contributed by atoms with Crippen molar-refractivity contribution < 1.29 is 4.39 Å². The predicted octanol–water partition coefficient (Wildman–Crippen LogP) is 6.16. The monoisotopic (exact) mass is 564 g/mol. The summed E-state index contributed by atoms with van der Waals surface area (Å²) in [5, 5.41) is 7.04. The fraction of sp³-hybridized carbons (Fsp3) is 0.467. The lowest BCUT2D eigenvalue weighted by Crippen LogP contribution is -2.57. The van der Waals surface area contributed by atoms with E-state index in [-0.39, 0.29) is 23.7 Å². The molecule has 0 aliphatic carbocycles. The van der Waals surface area contributed by atoms with Gasteiger partial charge in [0.15, 0.2) is 0 Å². The Morgan fingerprint density at radius 1 is 1.02 bits per heavy atom. The van der Waals surface area contributed by atoms with Crippen LogP contribution in [0.15, 0.2) is 35.3 Å². The van der Waals surface area contributed by atoms with Crippen LogP contribution in [0.1, 0.15) is 70.3 Å². The van der Waals surface area contributed by atoms with Crippen molar-refractivity contribution in [1.29, 1.82) is 0 Å². The SMILES string of the molecule is CNc1nc(C(C)C)c(N2CN=C(N3C[C@@H](C)NC[C@@H]3C)c3cc(Cl)c(-c4ccccc4F)nc32)c(C(C)C)n1. The van der Waals surface area contributed by atoms with Crippen molar-refractivity contribution >= 4 is 34.9 Å². The Morgan fingerprint density at radius 3 is 2.33 bits per heavy atom. The number of halogens is 2. The lowest BCUT2D eigenvalue weighted by molar-refractivity contribution is 0.234. The minimum absolute atomic E-state index is 0.115. The quantitative estimate of drug-likeness (QED) is 0.384. The molecule has 3 aromatic rings. The van der Waals surface area contributed by atoms with Crippen LogP contribution < -0.4 is 15.5 Å². The average molecular weight is 565 g/mol. The van der Waals surface area contributed by atoms with Crippen molar-refractivity contribution in [3.8, 4) is 11.3 Å². The Labute approximate surface area is 241 Å². The summed E-state index contributed by atoms with van der Waals surface area (Å²) in [6, 6.07) is 9.03. The molecule has 0 amide bonds. The van der Waals surface area contributed by atoms with E-state index in [4.69, 9.17) is 31.5 Å². The fourth-order valence-corrected chi connectivity index (χ4v) is 5.66. The molecule has 4 heterocycles. The fourth-order valence-electron chi connectivity index (χ4n) is 5.40. The van der Waals surface area contributed by atoms with E-state index in [1.54, 1.807) is 18.2 Å². The molecule has 40 heavy (non-hydrogen) atoms. The molecule has 5 rings (SSSR count). The maximum atomic E-state index is 15.0. The van der Waals surface area contributed by atoms with E-state index in [1.165, 1.54) is 6.07 Å².